The van der Waals surface area contributed by atoms with Crippen LogP contribution in [-0.4, -0.2) is 48.9 Å². The van der Waals surface area contributed by atoms with Crippen molar-refractivity contribution in [1.82, 2.24) is 20.9 Å². The number of imide groups is 1. The summed E-state index contributed by atoms with van der Waals surface area (Å²) in [4.78, 5) is 37.8. The third-order valence-electron chi connectivity index (χ3n) is 4.63. The number of likely N-dealkylation sites (tertiary alicyclic amines) is 1. The van der Waals surface area contributed by atoms with E-state index in [0.717, 1.165) is 5.56 Å². The van der Waals surface area contributed by atoms with E-state index in [1.807, 2.05) is 18.7 Å². The maximum absolute atomic E-state index is 12.9. The molecule has 1 aliphatic heterocycles. The summed E-state index contributed by atoms with van der Waals surface area (Å²) in [5.74, 6) is -0.464. The number of carbonyl (C=O) groups is 3. The molecular weight excluding hydrogens is 363 g/mol. The smallest absolute Gasteiger partial charge is 0.321 e. The average molecular weight is 392 g/mol. The lowest BCUT2D eigenvalue weighted by molar-refractivity contribution is -0.126. The summed E-state index contributed by atoms with van der Waals surface area (Å²) in [7, 11) is 0. The van der Waals surface area contributed by atoms with Gasteiger partial charge in [-0.05, 0) is 49.5 Å². The molecule has 0 saturated carbocycles. The Morgan fingerprint density at radius 1 is 1.11 bits per heavy atom. The minimum Gasteiger partial charge on any atom is -0.352 e. The summed E-state index contributed by atoms with van der Waals surface area (Å²) < 4.78 is 12.9. The molecule has 0 radical (unpaired) electrons. The third kappa shape index (κ3) is 7.64. The van der Waals surface area contributed by atoms with Crippen molar-refractivity contribution in [2.45, 2.75) is 33.2 Å². The fraction of sp³-hybridized carbons (Fsp3) is 0.550. The number of benzene rings is 1. The number of amides is 4. The quantitative estimate of drug-likeness (QED) is 0.658. The highest BCUT2D eigenvalue weighted by molar-refractivity contribution is 5.95. The monoisotopic (exact) mass is 392 g/mol. The summed E-state index contributed by atoms with van der Waals surface area (Å²) in [6.45, 7) is 6.21. The molecule has 0 aromatic heterocycles. The lowest BCUT2D eigenvalue weighted by atomic mass is 9.96. The number of rotatable bonds is 7. The summed E-state index contributed by atoms with van der Waals surface area (Å²) in [6, 6.07) is 5.55. The highest BCUT2D eigenvalue weighted by Crippen LogP contribution is 2.17. The highest BCUT2D eigenvalue weighted by atomic mass is 19.1. The van der Waals surface area contributed by atoms with Crippen molar-refractivity contribution in [1.29, 1.82) is 0 Å². The molecular formula is C20H29FN4O3. The third-order valence-corrected chi connectivity index (χ3v) is 4.63. The van der Waals surface area contributed by atoms with Gasteiger partial charge < -0.3 is 10.6 Å². The van der Waals surface area contributed by atoms with E-state index < -0.39 is 6.03 Å². The van der Waals surface area contributed by atoms with Crippen molar-refractivity contribution >= 4 is 17.8 Å². The normalized spacial score (nSPS) is 15.3. The lowest BCUT2D eigenvalue weighted by Gasteiger charge is -2.30. The highest BCUT2D eigenvalue weighted by Gasteiger charge is 2.26. The van der Waals surface area contributed by atoms with Gasteiger partial charge in [0.15, 0.2) is 0 Å². The molecule has 3 N–H and O–H groups in total. The van der Waals surface area contributed by atoms with Gasteiger partial charge in [0.1, 0.15) is 5.82 Å². The topological polar surface area (TPSA) is 90.5 Å². The molecule has 2 rings (SSSR count). The largest absolute Gasteiger partial charge is 0.352 e. The number of urea groups is 1. The first-order chi connectivity index (χ1) is 13.3. The van der Waals surface area contributed by atoms with E-state index >= 15 is 0 Å². The molecule has 28 heavy (non-hydrogen) atoms. The Morgan fingerprint density at radius 2 is 1.75 bits per heavy atom. The van der Waals surface area contributed by atoms with E-state index in [-0.39, 0.29) is 30.1 Å². The molecule has 8 heteroatoms. The molecule has 4 amide bonds. The van der Waals surface area contributed by atoms with Gasteiger partial charge in [-0.2, -0.15) is 0 Å². The first kappa shape index (κ1) is 21.8. The van der Waals surface area contributed by atoms with Crippen LogP contribution < -0.4 is 16.0 Å². The molecule has 0 bridgehead atoms. The number of halogens is 1. The second-order valence-corrected chi connectivity index (χ2v) is 7.55. The lowest BCUT2D eigenvalue weighted by Crippen LogP contribution is -2.47. The molecule has 0 atom stereocenters. The molecule has 1 aromatic carbocycles. The minimum atomic E-state index is -0.478. The van der Waals surface area contributed by atoms with Crippen LogP contribution >= 0.6 is 0 Å². The Hall–Kier alpha value is -2.48. The Kier molecular flexibility index (Phi) is 8.38. The number of nitrogens with one attached hydrogen (secondary N) is 3. The number of carbonyl (C=O) groups excluding carboxylic acids is 3. The number of hydrogen-bond acceptors (Lipinski definition) is 4. The van der Waals surface area contributed by atoms with Crippen molar-refractivity contribution in [3.63, 3.8) is 0 Å². The van der Waals surface area contributed by atoms with Gasteiger partial charge in [0.05, 0.1) is 6.54 Å². The molecule has 1 aromatic rings. The van der Waals surface area contributed by atoms with Gasteiger partial charge in [0, 0.05) is 19.0 Å². The van der Waals surface area contributed by atoms with Gasteiger partial charge >= 0.3 is 6.03 Å². The zero-order chi connectivity index (χ0) is 20.5. The zero-order valence-corrected chi connectivity index (χ0v) is 16.5. The van der Waals surface area contributed by atoms with Crippen molar-refractivity contribution in [3.8, 4) is 0 Å². The van der Waals surface area contributed by atoms with E-state index in [9.17, 15) is 18.8 Å². The van der Waals surface area contributed by atoms with Crippen molar-refractivity contribution < 1.29 is 18.8 Å². The van der Waals surface area contributed by atoms with Crippen LogP contribution in [0.15, 0.2) is 24.3 Å². The maximum atomic E-state index is 12.9. The van der Waals surface area contributed by atoms with Crippen LogP contribution in [0, 0.1) is 17.7 Å². The molecule has 1 aliphatic rings. The Labute approximate surface area is 165 Å². The first-order valence-electron chi connectivity index (χ1n) is 9.65. The van der Waals surface area contributed by atoms with Crippen LogP contribution in [0.3, 0.4) is 0 Å². The summed E-state index contributed by atoms with van der Waals surface area (Å²) >= 11 is 0. The predicted octanol–water partition coefficient (Wildman–Crippen LogP) is 1.64. The van der Waals surface area contributed by atoms with Gasteiger partial charge in [-0.25, -0.2) is 9.18 Å². The molecule has 1 saturated heterocycles. The van der Waals surface area contributed by atoms with E-state index in [4.69, 9.17) is 0 Å². The Balaban J connectivity index is 1.66. The predicted molar refractivity (Wildman–Crippen MR) is 104 cm³/mol. The fourth-order valence-corrected chi connectivity index (χ4v) is 3.00. The van der Waals surface area contributed by atoms with Gasteiger partial charge in [-0.15, -0.1) is 0 Å². The van der Waals surface area contributed by atoms with Crippen LogP contribution in [0.4, 0.5) is 9.18 Å². The number of nitrogens with zero attached hydrogens (tertiary/aromatic N) is 1. The molecule has 7 nitrogen and oxygen atoms in total. The SMILES string of the molecule is CC(C)CNC(=O)NC(=O)CN1CCC(C(=O)NCc2ccc(F)cc2)CC1. The number of piperidine rings is 1. The van der Waals surface area contributed by atoms with Crippen molar-refractivity contribution in [2.75, 3.05) is 26.2 Å². The van der Waals surface area contributed by atoms with E-state index in [1.54, 1.807) is 12.1 Å². The van der Waals surface area contributed by atoms with Gasteiger partial charge in [0.2, 0.25) is 11.8 Å². The Morgan fingerprint density at radius 3 is 2.36 bits per heavy atom. The van der Waals surface area contributed by atoms with Crippen LogP contribution in [0.25, 0.3) is 0 Å². The maximum Gasteiger partial charge on any atom is 0.321 e. The van der Waals surface area contributed by atoms with Gasteiger partial charge in [0.25, 0.3) is 0 Å². The zero-order valence-electron chi connectivity index (χ0n) is 16.5. The van der Waals surface area contributed by atoms with Crippen molar-refractivity contribution in [2.24, 2.45) is 11.8 Å². The van der Waals surface area contributed by atoms with E-state index in [2.05, 4.69) is 16.0 Å². The van der Waals surface area contributed by atoms with E-state index in [0.29, 0.717) is 44.9 Å². The molecule has 0 spiro atoms. The first-order valence-corrected chi connectivity index (χ1v) is 9.65. The molecule has 0 unspecified atom stereocenters. The summed E-state index contributed by atoms with van der Waals surface area (Å²) in [6.07, 6.45) is 1.31. The van der Waals surface area contributed by atoms with Crippen LogP contribution in [0.2, 0.25) is 0 Å². The van der Waals surface area contributed by atoms with Gasteiger partial charge in [-0.3, -0.25) is 19.8 Å². The molecule has 1 fully saturated rings. The Bertz CT molecular complexity index is 671. The van der Waals surface area contributed by atoms with Crippen molar-refractivity contribution in [3.05, 3.63) is 35.6 Å². The summed E-state index contributed by atoms with van der Waals surface area (Å²) in [5, 5.41) is 7.84. The van der Waals surface area contributed by atoms with Crippen LogP contribution in [-0.2, 0) is 16.1 Å². The second-order valence-electron chi connectivity index (χ2n) is 7.55. The second kappa shape index (κ2) is 10.8. The minimum absolute atomic E-state index is 0.0264. The van der Waals surface area contributed by atoms with E-state index in [1.165, 1.54) is 12.1 Å². The molecule has 1 heterocycles. The summed E-state index contributed by atoms with van der Waals surface area (Å²) in [5.41, 5.74) is 0.847. The number of hydrogen-bond donors (Lipinski definition) is 3. The average Bonchev–Trinajstić information content (AvgIpc) is 2.66. The molecule has 154 valence electrons. The van der Waals surface area contributed by atoms with Crippen LogP contribution in [0.1, 0.15) is 32.3 Å². The fourth-order valence-electron chi connectivity index (χ4n) is 3.00. The van der Waals surface area contributed by atoms with Crippen LogP contribution in [0.5, 0.6) is 0 Å². The standard InChI is InChI=1S/C20H29FN4O3/c1-14(2)11-23-20(28)24-18(26)13-25-9-7-16(8-10-25)19(27)22-12-15-3-5-17(21)6-4-15/h3-6,14,16H,7-13H2,1-2H3,(H,22,27)(H2,23,24,26,28). The molecule has 0 aliphatic carbocycles. The van der Waals surface area contributed by atoms with Gasteiger partial charge in [-0.1, -0.05) is 26.0 Å².